The molecule has 0 saturated heterocycles. The number of nitrogens with two attached hydrogens (primary N) is 3. The molecule has 0 bridgehead atoms. The smallest absolute Gasteiger partial charge is 0.263 e. The third-order valence-electron chi connectivity index (χ3n) is 2.44. The zero-order valence-electron chi connectivity index (χ0n) is 11.4. The van der Waals surface area contributed by atoms with Crippen molar-refractivity contribution >= 4 is 44.6 Å². The standard InChI is InChI=1S/C11H15N7O2S2/c12-9(13)17-10(14)16-7-1-3-8(4-2-7)22(19,20)18-11-15-5-6-21-11/h1-4H,5-6H2,(H,15,18)(H6,12,13,14,16,17). The van der Waals surface area contributed by atoms with Crippen LogP contribution in [-0.2, 0) is 10.0 Å². The largest absolute Gasteiger partial charge is 0.370 e. The van der Waals surface area contributed by atoms with Gasteiger partial charge in [-0.3, -0.25) is 9.71 Å². The van der Waals surface area contributed by atoms with Crippen molar-refractivity contribution in [3.63, 3.8) is 0 Å². The molecule has 0 aliphatic carbocycles. The number of nitrogens with one attached hydrogen (secondary N) is 1. The van der Waals surface area contributed by atoms with Gasteiger partial charge in [-0.1, -0.05) is 11.8 Å². The Morgan fingerprint density at radius 2 is 1.91 bits per heavy atom. The van der Waals surface area contributed by atoms with Crippen molar-refractivity contribution in [3.05, 3.63) is 24.3 Å². The second-order valence-corrected chi connectivity index (χ2v) is 6.91. The van der Waals surface area contributed by atoms with E-state index in [1.807, 2.05) is 0 Å². The number of hydrogen-bond acceptors (Lipinski definition) is 5. The maximum absolute atomic E-state index is 12.1. The molecule has 0 spiro atoms. The second-order valence-electron chi connectivity index (χ2n) is 4.14. The molecule has 2 rings (SSSR count). The van der Waals surface area contributed by atoms with Crippen LogP contribution in [-0.4, -0.2) is 37.8 Å². The first kappa shape index (κ1) is 16.1. The van der Waals surface area contributed by atoms with E-state index in [2.05, 4.69) is 19.7 Å². The molecule has 0 amide bonds. The molecule has 118 valence electrons. The van der Waals surface area contributed by atoms with Gasteiger partial charge < -0.3 is 17.2 Å². The molecular formula is C11H15N7O2S2. The van der Waals surface area contributed by atoms with Crippen LogP contribution in [0.3, 0.4) is 0 Å². The van der Waals surface area contributed by atoms with Crippen LogP contribution in [0.4, 0.5) is 5.69 Å². The fourth-order valence-electron chi connectivity index (χ4n) is 1.56. The quantitative estimate of drug-likeness (QED) is 0.419. The maximum atomic E-state index is 12.1. The summed E-state index contributed by atoms with van der Waals surface area (Å²) in [6.07, 6.45) is 0. The molecule has 0 saturated carbocycles. The van der Waals surface area contributed by atoms with Gasteiger partial charge in [0, 0.05) is 5.75 Å². The van der Waals surface area contributed by atoms with Crippen LogP contribution >= 0.6 is 11.8 Å². The van der Waals surface area contributed by atoms with Crippen LogP contribution in [0.25, 0.3) is 0 Å². The number of guanidine groups is 2. The Balaban J connectivity index is 2.16. The average molecular weight is 341 g/mol. The van der Waals surface area contributed by atoms with Gasteiger partial charge in [0.25, 0.3) is 10.0 Å². The first-order valence-electron chi connectivity index (χ1n) is 6.11. The first-order valence-corrected chi connectivity index (χ1v) is 8.57. The van der Waals surface area contributed by atoms with E-state index in [-0.39, 0.29) is 16.8 Å². The summed E-state index contributed by atoms with van der Waals surface area (Å²) in [7, 11) is -3.66. The number of nitrogens with zero attached hydrogens (tertiary/aromatic N) is 3. The van der Waals surface area contributed by atoms with Gasteiger partial charge in [0.05, 0.1) is 17.1 Å². The van der Waals surface area contributed by atoms with Crippen LogP contribution in [0.1, 0.15) is 0 Å². The molecule has 0 aromatic heterocycles. The summed E-state index contributed by atoms with van der Waals surface area (Å²) in [5.74, 6) is 0.445. The van der Waals surface area contributed by atoms with Gasteiger partial charge in [-0.25, -0.2) is 13.4 Å². The Hall–Kier alpha value is -2.27. The predicted octanol–water partition coefficient (Wildman–Crippen LogP) is -0.713. The summed E-state index contributed by atoms with van der Waals surface area (Å²) in [5.41, 5.74) is 16.3. The molecular weight excluding hydrogens is 326 g/mol. The highest BCUT2D eigenvalue weighted by Crippen LogP contribution is 2.18. The van der Waals surface area contributed by atoms with Crippen molar-refractivity contribution in [2.24, 2.45) is 32.2 Å². The van der Waals surface area contributed by atoms with E-state index < -0.39 is 10.0 Å². The predicted molar refractivity (Wildman–Crippen MR) is 88.6 cm³/mol. The Morgan fingerprint density at radius 3 is 2.45 bits per heavy atom. The minimum atomic E-state index is -3.66. The molecule has 1 aromatic carbocycles. The molecule has 11 heteroatoms. The van der Waals surface area contributed by atoms with Gasteiger partial charge in [-0.15, -0.1) is 0 Å². The molecule has 0 atom stereocenters. The number of benzene rings is 1. The summed E-state index contributed by atoms with van der Waals surface area (Å²) in [5, 5.41) is 0.402. The molecule has 7 N–H and O–H groups in total. The lowest BCUT2D eigenvalue weighted by molar-refractivity contribution is 0.593. The Bertz CT molecular complexity index is 734. The van der Waals surface area contributed by atoms with Crippen molar-refractivity contribution in [3.8, 4) is 0 Å². The SMILES string of the molecule is NC(N)=NC(N)=Nc1ccc(S(=O)(=O)NC2=NCCS2)cc1. The van der Waals surface area contributed by atoms with E-state index in [0.29, 0.717) is 17.4 Å². The fourth-order valence-corrected chi connectivity index (χ4v) is 3.59. The third-order valence-corrected chi connectivity index (χ3v) is 4.82. The summed E-state index contributed by atoms with van der Waals surface area (Å²) in [6, 6.07) is 5.80. The van der Waals surface area contributed by atoms with Crippen molar-refractivity contribution in [1.29, 1.82) is 0 Å². The number of amidine groups is 1. The molecule has 0 fully saturated rings. The van der Waals surface area contributed by atoms with Gasteiger partial charge in [0.15, 0.2) is 11.1 Å². The van der Waals surface area contributed by atoms with E-state index in [9.17, 15) is 8.42 Å². The second kappa shape index (κ2) is 6.66. The van der Waals surface area contributed by atoms with Gasteiger partial charge >= 0.3 is 0 Å². The van der Waals surface area contributed by atoms with Crippen molar-refractivity contribution in [2.45, 2.75) is 4.90 Å². The number of sulfonamides is 1. The van der Waals surface area contributed by atoms with Crippen LogP contribution in [0.15, 0.2) is 44.1 Å². The van der Waals surface area contributed by atoms with Gasteiger partial charge in [0.1, 0.15) is 0 Å². The van der Waals surface area contributed by atoms with Gasteiger partial charge in [0.2, 0.25) is 5.96 Å². The highest BCUT2D eigenvalue weighted by Gasteiger charge is 2.18. The zero-order chi connectivity index (χ0) is 16.2. The minimum absolute atomic E-state index is 0.0991. The van der Waals surface area contributed by atoms with Crippen LogP contribution in [0.2, 0.25) is 0 Å². The molecule has 1 aliphatic heterocycles. The summed E-state index contributed by atoms with van der Waals surface area (Å²) in [4.78, 5) is 11.6. The van der Waals surface area contributed by atoms with E-state index in [0.717, 1.165) is 5.75 Å². The first-order chi connectivity index (χ1) is 10.4. The number of hydrogen-bond donors (Lipinski definition) is 4. The normalized spacial score (nSPS) is 15.3. The minimum Gasteiger partial charge on any atom is -0.370 e. The molecule has 22 heavy (non-hydrogen) atoms. The van der Waals surface area contributed by atoms with Crippen LogP contribution in [0.5, 0.6) is 0 Å². The number of rotatable bonds is 3. The molecule has 9 nitrogen and oxygen atoms in total. The highest BCUT2D eigenvalue weighted by molar-refractivity contribution is 8.15. The summed E-state index contributed by atoms with van der Waals surface area (Å²) in [6.45, 7) is 0.611. The molecule has 1 heterocycles. The third kappa shape index (κ3) is 4.36. The zero-order valence-corrected chi connectivity index (χ0v) is 13.1. The van der Waals surface area contributed by atoms with Crippen molar-refractivity contribution < 1.29 is 8.42 Å². The molecule has 0 radical (unpaired) electrons. The highest BCUT2D eigenvalue weighted by atomic mass is 32.2. The van der Waals surface area contributed by atoms with Crippen LogP contribution in [0, 0.1) is 0 Å². The lowest BCUT2D eigenvalue weighted by Gasteiger charge is -2.07. The lowest BCUT2D eigenvalue weighted by atomic mass is 10.3. The lowest BCUT2D eigenvalue weighted by Crippen LogP contribution is -2.27. The molecule has 0 unspecified atom stereocenters. The molecule has 1 aliphatic rings. The summed E-state index contributed by atoms with van der Waals surface area (Å²) >= 11 is 1.36. The van der Waals surface area contributed by atoms with Crippen molar-refractivity contribution in [2.75, 3.05) is 12.3 Å². The average Bonchev–Trinajstić information content (AvgIpc) is 2.90. The molecule has 1 aromatic rings. The van der Waals surface area contributed by atoms with E-state index in [4.69, 9.17) is 17.2 Å². The van der Waals surface area contributed by atoms with Gasteiger partial charge in [-0.05, 0) is 24.3 Å². The van der Waals surface area contributed by atoms with E-state index in [1.165, 1.54) is 36.0 Å². The topological polar surface area (TPSA) is 161 Å². The number of thioether (sulfide) groups is 1. The summed E-state index contributed by atoms with van der Waals surface area (Å²) < 4.78 is 26.7. The Kier molecular flexibility index (Phi) is 4.88. The Morgan fingerprint density at radius 1 is 1.23 bits per heavy atom. The number of aliphatic imine (C=N–C) groups is 3. The monoisotopic (exact) mass is 341 g/mol. The van der Waals surface area contributed by atoms with Crippen LogP contribution < -0.4 is 21.9 Å². The Labute approximate surface area is 131 Å². The van der Waals surface area contributed by atoms with Crippen molar-refractivity contribution in [1.82, 2.24) is 4.72 Å². The van der Waals surface area contributed by atoms with E-state index in [1.54, 1.807) is 0 Å². The van der Waals surface area contributed by atoms with Gasteiger partial charge in [-0.2, -0.15) is 4.99 Å². The van der Waals surface area contributed by atoms with E-state index >= 15 is 0 Å². The fraction of sp³-hybridized carbons (Fsp3) is 0.182. The maximum Gasteiger partial charge on any atom is 0.263 e.